The molecular formula is C8H16O3S. The zero-order valence-electron chi connectivity index (χ0n) is 7.53. The Morgan fingerprint density at radius 2 is 1.92 bits per heavy atom. The summed E-state index contributed by atoms with van der Waals surface area (Å²) in [5, 5.41) is 9.01. The summed E-state index contributed by atoms with van der Waals surface area (Å²) in [5.41, 5.74) is 0. The highest BCUT2D eigenvalue weighted by Crippen LogP contribution is 2.30. The van der Waals surface area contributed by atoms with Gasteiger partial charge in [-0.25, -0.2) is 8.42 Å². The average molecular weight is 192 g/mol. The minimum Gasteiger partial charge on any atom is -0.396 e. The lowest BCUT2D eigenvalue weighted by atomic mass is 9.86. The van der Waals surface area contributed by atoms with E-state index in [1.807, 2.05) is 13.8 Å². The van der Waals surface area contributed by atoms with E-state index in [2.05, 4.69) is 0 Å². The van der Waals surface area contributed by atoms with Gasteiger partial charge in [0.2, 0.25) is 0 Å². The average Bonchev–Trinajstić information content (AvgIpc) is 1.84. The molecule has 72 valence electrons. The van der Waals surface area contributed by atoms with Crippen LogP contribution in [0.15, 0.2) is 0 Å². The van der Waals surface area contributed by atoms with Gasteiger partial charge in [0, 0.05) is 6.61 Å². The van der Waals surface area contributed by atoms with Crippen LogP contribution in [0.25, 0.3) is 0 Å². The van der Waals surface area contributed by atoms with E-state index >= 15 is 0 Å². The monoisotopic (exact) mass is 192 g/mol. The second kappa shape index (κ2) is 3.34. The Hall–Kier alpha value is -0.0900. The third-order valence-electron chi connectivity index (χ3n) is 2.61. The second-order valence-electron chi connectivity index (χ2n) is 3.93. The van der Waals surface area contributed by atoms with Gasteiger partial charge >= 0.3 is 0 Å². The van der Waals surface area contributed by atoms with Gasteiger partial charge < -0.3 is 5.11 Å². The minimum atomic E-state index is -2.73. The molecule has 1 saturated heterocycles. The van der Waals surface area contributed by atoms with Crippen LogP contribution in [0.4, 0.5) is 0 Å². The van der Waals surface area contributed by atoms with Crippen molar-refractivity contribution in [1.29, 1.82) is 0 Å². The van der Waals surface area contributed by atoms with Crippen molar-refractivity contribution in [3.8, 4) is 0 Å². The van der Waals surface area contributed by atoms with Crippen LogP contribution in [0.1, 0.15) is 13.8 Å². The van der Waals surface area contributed by atoms with Crippen molar-refractivity contribution in [2.45, 2.75) is 13.8 Å². The lowest BCUT2D eigenvalue weighted by Gasteiger charge is -2.34. The number of hydrogen-bond acceptors (Lipinski definition) is 3. The standard InChI is InChI=1S/C8H16O3S/c1-6(2)8(3-9)7-4-12(10,11)5-7/h6-9H,3-5H2,1-2H3. The Morgan fingerprint density at radius 1 is 1.42 bits per heavy atom. The molecule has 1 rings (SSSR count). The molecule has 1 N–H and O–H groups in total. The van der Waals surface area contributed by atoms with E-state index in [1.165, 1.54) is 0 Å². The zero-order valence-corrected chi connectivity index (χ0v) is 8.34. The summed E-state index contributed by atoms with van der Waals surface area (Å²) in [6, 6.07) is 0. The van der Waals surface area contributed by atoms with E-state index in [9.17, 15) is 8.42 Å². The minimum absolute atomic E-state index is 0.109. The number of aliphatic hydroxyl groups excluding tert-OH is 1. The van der Waals surface area contributed by atoms with Gasteiger partial charge in [-0.15, -0.1) is 0 Å². The maximum absolute atomic E-state index is 10.9. The van der Waals surface area contributed by atoms with Crippen LogP contribution in [0, 0.1) is 17.8 Å². The van der Waals surface area contributed by atoms with Gasteiger partial charge in [0.15, 0.2) is 9.84 Å². The van der Waals surface area contributed by atoms with Gasteiger partial charge in [0.1, 0.15) is 0 Å². The van der Waals surface area contributed by atoms with Crippen molar-refractivity contribution in [2.24, 2.45) is 17.8 Å². The molecule has 12 heavy (non-hydrogen) atoms. The normalized spacial score (nSPS) is 25.3. The topological polar surface area (TPSA) is 54.4 Å². The molecule has 0 bridgehead atoms. The van der Waals surface area contributed by atoms with Gasteiger partial charge in [-0.3, -0.25) is 0 Å². The van der Waals surface area contributed by atoms with Crippen molar-refractivity contribution in [3.05, 3.63) is 0 Å². The van der Waals surface area contributed by atoms with Crippen molar-refractivity contribution >= 4 is 9.84 Å². The Bertz CT molecular complexity index is 231. The molecule has 1 unspecified atom stereocenters. The van der Waals surface area contributed by atoms with Crippen LogP contribution < -0.4 is 0 Å². The molecule has 0 aromatic rings. The first-order chi connectivity index (χ1) is 5.46. The summed E-state index contributed by atoms with van der Waals surface area (Å²) in [6.07, 6.45) is 0. The molecule has 0 radical (unpaired) electrons. The SMILES string of the molecule is CC(C)C(CO)C1CS(=O)(=O)C1. The Labute approximate surface area is 73.7 Å². The summed E-state index contributed by atoms with van der Waals surface area (Å²) < 4.78 is 21.7. The lowest BCUT2D eigenvalue weighted by Crippen LogP contribution is -2.44. The molecule has 1 aliphatic heterocycles. The summed E-state index contributed by atoms with van der Waals surface area (Å²) in [7, 11) is -2.73. The summed E-state index contributed by atoms with van der Waals surface area (Å²) in [5.74, 6) is 1.27. The van der Waals surface area contributed by atoms with E-state index < -0.39 is 9.84 Å². The van der Waals surface area contributed by atoms with Crippen molar-refractivity contribution in [3.63, 3.8) is 0 Å². The summed E-state index contributed by atoms with van der Waals surface area (Å²) in [4.78, 5) is 0. The van der Waals surface area contributed by atoms with Gasteiger partial charge in [0.05, 0.1) is 11.5 Å². The Kier molecular flexibility index (Phi) is 2.78. The van der Waals surface area contributed by atoms with Crippen LogP contribution in [-0.4, -0.2) is 31.6 Å². The third-order valence-corrected chi connectivity index (χ3v) is 4.48. The molecule has 0 amide bonds. The van der Waals surface area contributed by atoms with Crippen molar-refractivity contribution < 1.29 is 13.5 Å². The van der Waals surface area contributed by atoms with Gasteiger partial charge in [-0.1, -0.05) is 13.8 Å². The van der Waals surface area contributed by atoms with Crippen LogP contribution in [-0.2, 0) is 9.84 Å². The van der Waals surface area contributed by atoms with Crippen molar-refractivity contribution in [2.75, 3.05) is 18.1 Å². The quantitative estimate of drug-likeness (QED) is 0.699. The van der Waals surface area contributed by atoms with Gasteiger partial charge in [-0.05, 0) is 17.8 Å². The van der Waals surface area contributed by atoms with E-state index in [4.69, 9.17) is 5.11 Å². The molecular weight excluding hydrogens is 176 g/mol. The number of rotatable bonds is 3. The highest BCUT2D eigenvalue weighted by molar-refractivity contribution is 7.92. The number of hydrogen-bond donors (Lipinski definition) is 1. The van der Waals surface area contributed by atoms with E-state index in [-0.39, 0.29) is 29.9 Å². The Balaban J connectivity index is 2.50. The maximum atomic E-state index is 10.9. The highest BCUT2D eigenvalue weighted by atomic mass is 32.2. The highest BCUT2D eigenvalue weighted by Gasteiger charge is 2.39. The summed E-state index contributed by atoms with van der Waals surface area (Å²) in [6.45, 7) is 4.15. The van der Waals surface area contributed by atoms with E-state index in [0.29, 0.717) is 5.92 Å². The largest absolute Gasteiger partial charge is 0.396 e. The van der Waals surface area contributed by atoms with Crippen LogP contribution in [0.3, 0.4) is 0 Å². The molecule has 0 aromatic heterocycles. The predicted molar refractivity (Wildman–Crippen MR) is 47.6 cm³/mol. The molecule has 1 heterocycles. The third kappa shape index (κ3) is 1.98. The first kappa shape index (κ1) is 9.99. The number of sulfone groups is 1. The van der Waals surface area contributed by atoms with Crippen LogP contribution in [0.2, 0.25) is 0 Å². The Morgan fingerprint density at radius 3 is 2.17 bits per heavy atom. The molecule has 4 heteroatoms. The van der Waals surface area contributed by atoms with Crippen molar-refractivity contribution in [1.82, 2.24) is 0 Å². The van der Waals surface area contributed by atoms with E-state index in [1.54, 1.807) is 0 Å². The molecule has 1 atom stereocenters. The number of aliphatic hydroxyl groups is 1. The molecule has 0 aliphatic carbocycles. The molecule has 1 aliphatic rings. The van der Waals surface area contributed by atoms with Crippen LogP contribution in [0.5, 0.6) is 0 Å². The zero-order chi connectivity index (χ0) is 9.35. The molecule has 0 aromatic carbocycles. The molecule has 3 nitrogen and oxygen atoms in total. The maximum Gasteiger partial charge on any atom is 0.150 e. The van der Waals surface area contributed by atoms with Gasteiger partial charge in [0.25, 0.3) is 0 Å². The van der Waals surface area contributed by atoms with E-state index in [0.717, 1.165) is 0 Å². The summed E-state index contributed by atoms with van der Waals surface area (Å²) >= 11 is 0. The predicted octanol–water partition coefficient (Wildman–Crippen LogP) is 0.295. The fourth-order valence-electron chi connectivity index (χ4n) is 1.75. The van der Waals surface area contributed by atoms with Crippen LogP contribution >= 0.6 is 0 Å². The smallest absolute Gasteiger partial charge is 0.150 e. The first-order valence-corrected chi connectivity index (χ1v) is 6.09. The fourth-order valence-corrected chi connectivity index (χ4v) is 3.46. The molecule has 0 spiro atoms. The first-order valence-electron chi connectivity index (χ1n) is 4.27. The second-order valence-corrected chi connectivity index (χ2v) is 6.08. The lowest BCUT2D eigenvalue weighted by molar-refractivity contribution is 0.146. The fraction of sp³-hybridized carbons (Fsp3) is 1.00. The van der Waals surface area contributed by atoms with Gasteiger partial charge in [-0.2, -0.15) is 0 Å². The molecule has 0 saturated carbocycles. The molecule has 1 fully saturated rings.